The van der Waals surface area contributed by atoms with Crippen molar-refractivity contribution in [1.82, 2.24) is 10.1 Å². The Morgan fingerprint density at radius 2 is 2.00 bits per heavy atom. The highest BCUT2D eigenvalue weighted by Crippen LogP contribution is 1.96. The maximum absolute atomic E-state index is 4.63. The Hall–Kier alpha value is -1.06. The second-order valence-electron chi connectivity index (χ2n) is 1.39. The van der Waals surface area contributed by atoms with Crippen molar-refractivity contribution >= 4 is 5.95 Å². The molecule has 0 aliphatic carbocycles. The van der Waals surface area contributed by atoms with E-state index in [0.717, 1.165) is 0 Å². The van der Waals surface area contributed by atoms with Crippen molar-refractivity contribution in [2.24, 2.45) is 0 Å². The molecular formula is C6H13N3O. The van der Waals surface area contributed by atoms with Gasteiger partial charge in [-0.05, 0) is 5.16 Å². The van der Waals surface area contributed by atoms with Crippen LogP contribution in [0.15, 0.2) is 4.52 Å². The Morgan fingerprint density at radius 1 is 1.40 bits per heavy atom. The summed E-state index contributed by atoms with van der Waals surface area (Å²) >= 11 is 0. The third-order valence-corrected chi connectivity index (χ3v) is 0.751. The van der Waals surface area contributed by atoms with E-state index in [1.165, 1.54) is 0 Å². The number of nitrogens with one attached hydrogen (secondary N) is 1. The summed E-state index contributed by atoms with van der Waals surface area (Å²) in [5.74, 6) is 1.11. The van der Waals surface area contributed by atoms with Gasteiger partial charge in [-0.2, -0.15) is 4.98 Å². The summed E-state index contributed by atoms with van der Waals surface area (Å²) in [6, 6.07) is 0. The van der Waals surface area contributed by atoms with Crippen LogP contribution in [0.5, 0.6) is 0 Å². The fourth-order valence-electron chi connectivity index (χ4n) is 0.401. The number of rotatable bonds is 1. The summed E-state index contributed by atoms with van der Waals surface area (Å²) in [7, 11) is 1.74. The van der Waals surface area contributed by atoms with E-state index in [-0.39, 0.29) is 0 Å². The minimum absolute atomic E-state index is 0.530. The van der Waals surface area contributed by atoms with Crippen LogP contribution in [0, 0.1) is 6.92 Å². The first-order valence-corrected chi connectivity index (χ1v) is 3.31. The predicted octanol–water partition coefficient (Wildman–Crippen LogP) is 1.45. The highest BCUT2D eigenvalue weighted by atomic mass is 16.5. The van der Waals surface area contributed by atoms with Gasteiger partial charge in [0.05, 0.1) is 0 Å². The molecule has 1 aromatic rings. The van der Waals surface area contributed by atoms with E-state index in [4.69, 9.17) is 0 Å². The molecule has 0 atom stereocenters. The topological polar surface area (TPSA) is 51.0 Å². The van der Waals surface area contributed by atoms with E-state index >= 15 is 0 Å². The van der Waals surface area contributed by atoms with Crippen LogP contribution >= 0.6 is 0 Å². The van der Waals surface area contributed by atoms with Gasteiger partial charge in [0.25, 0.3) is 5.95 Å². The molecule has 1 heterocycles. The Bertz CT molecular complexity index is 173. The Morgan fingerprint density at radius 3 is 2.20 bits per heavy atom. The van der Waals surface area contributed by atoms with Crippen LogP contribution in [0.25, 0.3) is 0 Å². The molecule has 0 spiro atoms. The molecule has 0 amide bonds. The Balaban J connectivity index is 0.000000371. The lowest BCUT2D eigenvalue weighted by Crippen LogP contribution is -1.88. The zero-order valence-electron chi connectivity index (χ0n) is 6.80. The molecule has 1 rings (SSSR count). The molecule has 0 saturated carbocycles. The molecule has 4 nitrogen and oxygen atoms in total. The van der Waals surface area contributed by atoms with Crippen LogP contribution in [0.1, 0.15) is 19.7 Å². The molecule has 58 valence electrons. The summed E-state index contributed by atoms with van der Waals surface area (Å²) in [4.78, 5) is 3.84. The lowest BCUT2D eigenvalue weighted by molar-refractivity contribution is 0.394. The van der Waals surface area contributed by atoms with E-state index < -0.39 is 0 Å². The summed E-state index contributed by atoms with van der Waals surface area (Å²) in [5, 5.41) is 6.27. The third kappa shape index (κ3) is 2.48. The highest BCUT2D eigenvalue weighted by Gasteiger charge is 1.94. The van der Waals surface area contributed by atoms with Crippen LogP contribution < -0.4 is 5.32 Å². The van der Waals surface area contributed by atoms with Crippen molar-refractivity contribution in [2.75, 3.05) is 12.4 Å². The van der Waals surface area contributed by atoms with E-state index in [9.17, 15) is 0 Å². The maximum atomic E-state index is 4.63. The molecule has 10 heavy (non-hydrogen) atoms. The predicted molar refractivity (Wildman–Crippen MR) is 39.9 cm³/mol. The van der Waals surface area contributed by atoms with Gasteiger partial charge in [-0.3, -0.25) is 0 Å². The van der Waals surface area contributed by atoms with Crippen molar-refractivity contribution in [3.05, 3.63) is 5.89 Å². The normalized spacial score (nSPS) is 8.00. The largest absolute Gasteiger partial charge is 0.355 e. The van der Waals surface area contributed by atoms with Crippen molar-refractivity contribution in [3.8, 4) is 0 Å². The van der Waals surface area contributed by atoms with Gasteiger partial charge in [0.1, 0.15) is 0 Å². The van der Waals surface area contributed by atoms with Crippen LogP contribution in [0.4, 0.5) is 5.95 Å². The standard InChI is InChI=1S/C4H7N3O.C2H6/c1-3-6-4(5-2)7-8-3;1-2/h1-2H3,(H,5,7);1-2H3. The third-order valence-electron chi connectivity index (χ3n) is 0.751. The first-order chi connectivity index (χ1) is 4.83. The molecule has 0 fully saturated rings. The van der Waals surface area contributed by atoms with Crippen LogP contribution in [-0.4, -0.2) is 17.2 Å². The molecular weight excluding hydrogens is 130 g/mol. The minimum atomic E-state index is 0.530. The van der Waals surface area contributed by atoms with E-state index in [1.54, 1.807) is 14.0 Å². The van der Waals surface area contributed by atoms with Gasteiger partial charge in [-0.25, -0.2) is 0 Å². The van der Waals surface area contributed by atoms with Gasteiger partial charge >= 0.3 is 0 Å². The molecule has 1 N–H and O–H groups in total. The van der Waals surface area contributed by atoms with Crippen LogP contribution in [0.3, 0.4) is 0 Å². The quantitative estimate of drug-likeness (QED) is 0.646. The van der Waals surface area contributed by atoms with Gasteiger partial charge in [0.2, 0.25) is 5.89 Å². The summed E-state index contributed by atoms with van der Waals surface area (Å²) in [6.07, 6.45) is 0. The zero-order valence-corrected chi connectivity index (χ0v) is 6.80. The second kappa shape index (κ2) is 4.78. The molecule has 0 unspecified atom stereocenters. The summed E-state index contributed by atoms with van der Waals surface area (Å²) in [6.45, 7) is 5.74. The summed E-state index contributed by atoms with van der Waals surface area (Å²) in [5.41, 5.74) is 0. The van der Waals surface area contributed by atoms with Crippen molar-refractivity contribution < 1.29 is 4.52 Å². The van der Waals surface area contributed by atoms with Crippen LogP contribution in [0.2, 0.25) is 0 Å². The van der Waals surface area contributed by atoms with Gasteiger partial charge in [0, 0.05) is 14.0 Å². The summed E-state index contributed by atoms with van der Waals surface area (Å²) < 4.78 is 4.63. The number of nitrogens with zero attached hydrogens (tertiary/aromatic N) is 2. The van der Waals surface area contributed by atoms with E-state index in [1.807, 2.05) is 13.8 Å². The monoisotopic (exact) mass is 143 g/mol. The lowest BCUT2D eigenvalue weighted by atomic mass is 10.8. The molecule has 0 aliphatic heterocycles. The number of anilines is 1. The zero-order chi connectivity index (χ0) is 7.98. The number of aromatic nitrogens is 2. The first-order valence-electron chi connectivity index (χ1n) is 3.31. The van der Waals surface area contributed by atoms with E-state index in [2.05, 4.69) is 20.0 Å². The molecule has 0 radical (unpaired) electrons. The van der Waals surface area contributed by atoms with Gasteiger partial charge in [-0.15, -0.1) is 0 Å². The molecule has 0 saturated heterocycles. The lowest BCUT2D eigenvalue weighted by Gasteiger charge is -1.80. The second-order valence-corrected chi connectivity index (χ2v) is 1.39. The van der Waals surface area contributed by atoms with Crippen molar-refractivity contribution in [2.45, 2.75) is 20.8 Å². The number of hydrogen-bond acceptors (Lipinski definition) is 4. The first kappa shape index (κ1) is 8.94. The number of aryl methyl sites for hydroxylation is 1. The smallest absolute Gasteiger partial charge is 0.263 e. The Labute approximate surface area is 60.6 Å². The fourth-order valence-corrected chi connectivity index (χ4v) is 0.401. The van der Waals surface area contributed by atoms with Crippen molar-refractivity contribution in [1.29, 1.82) is 0 Å². The van der Waals surface area contributed by atoms with Crippen LogP contribution in [-0.2, 0) is 0 Å². The average molecular weight is 143 g/mol. The van der Waals surface area contributed by atoms with Gasteiger partial charge in [0.15, 0.2) is 0 Å². The highest BCUT2D eigenvalue weighted by molar-refractivity contribution is 5.18. The SMILES string of the molecule is CC.CNc1noc(C)n1. The molecule has 1 aromatic heterocycles. The van der Waals surface area contributed by atoms with Gasteiger partial charge in [-0.1, -0.05) is 13.8 Å². The maximum Gasteiger partial charge on any atom is 0.263 e. The number of hydrogen-bond donors (Lipinski definition) is 1. The van der Waals surface area contributed by atoms with Crippen molar-refractivity contribution in [3.63, 3.8) is 0 Å². The van der Waals surface area contributed by atoms with Gasteiger partial charge < -0.3 is 9.84 Å². The van der Waals surface area contributed by atoms with E-state index in [0.29, 0.717) is 11.8 Å². The molecule has 0 aromatic carbocycles. The fraction of sp³-hybridized carbons (Fsp3) is 0.667. The Kier molecular flexibility index (Phi) is 4.28. The molecule has 0 bridgehead atoms. The molecule has 4 heteroatoms. The molecule has 0 aliphatic rings. The minimum Gasteiger partial charge on any atom is -0.355 e. The average Bonchev–Trinajstić information content (AvgIpc) is 2.40.